The third kappa shape index (κ3) is 3.30. The minimum absolute atomic E-state index is 0.108. The predicted octanol–water partition coefficient (Wildman–Crippen LogP) is 2.86. The first-order valence-corrected chi connectivity index (χ1v) is 8.72. The van der Waals surface area contributed by atoms with E-state index in [1.165, 1.54) is 6.07 Å². The van der Waals surface area contributed by atoms with Crippen molar-refractivity contribution >= 4 is 15.7 Å². The lowest BCUT2D eigenvalue weighted by Gasteiger charge is -2.18. The number of alkyl halides is 1. The molecule has 0 atom stereocenters. The Bertz CT molecular complexity index is 781. The lowest BCUT2D eigenvalue weighted by Crippen LogP contribution is -2.34. The average Bonchev–Trinajstić information content (AvgIpc) is 2.67. The number of hydrogen-bond donors (Lipinski definition) is 1. The molecule has 0 aliphatic carbocycles. The van der Waals surface area contributed by atoms with E-state index in [9.17, 15) is 12.8 Å². The highest BCUT2D eigenvalue weighted by molar-refractivity contribution is 7.89. The number of sulfonamides is 1. The maximum absolute atomic E-state index is 12.7. The Morgan fingerprint density at radius 3 is 2.65 bits per heavy atom. The molecule has 1 heterocycles. The van der Waals surface area contributed by atoms with Gasteiger partial charge in [0, 0.05) is 25.7 Å². The highest BCUT2D eigenvalue weighted by atomic mass is 32.2. The first-order valence-electron chi connectivity index (χ1n) is 7.28. The van der Waals surface area contributed by atoms with Crippen LogP contribution in [0.4, 0.5) is 10.1 Å². The van der Waals surface area contributed by atoms with Crippen LogP contribution in [0, 0.1) is 0 Å². The zero-order valence-electron chi connectivity index (χ0n) is 12.4. The van der Waals surface area contributed by atoms with Gasteiger partial charge in [-0.15, -0.1) is 0 Å². The second-order valence-electron chi connectivity index (χ2n) is 5.09. The van der Waals surface area contributed by atoms with Gasteiger partial charge in [-0.2, -0.15) is 4.31 Å². The topological polar surface area (TPSA) is 58.6 Å². The average molecular weight is 336 g/mol. The van der Waals surface area contributed by atoms with Gasteiger partial charge in [0.15, 0.2) is 0 Å². The van der Waals surface area contributed by atoms with Gasteiger partial charge in [0.25, 0.3) is 0 Å². The van der Waals surface area contributed by atoms with Gasteiger partial charge in [-0.25, -0.2) is 12.8 Å². The maximum Gasteiger partial charge on any atom is 0.245 e. The molecule has 0 unspecified atom stereocenters. The molecule has 3 rings (SSSR count). The number of rotatable bonds is 4. The quantitative estimate of drug-likeness (QED) is 0.933. The number of fused-ring (bicyclic) bond motifs is 1. The Labute approximate surface area is 134 Å². The number of ether oxygens (including phenoxy) is 1. The summed E-state index contributed by atoms with van der Waals surface area (Å²) < 4.78 is 44.9. The first kappa shape index (κ1) is 15.8. The second-order valence-corrected chi connectivity index (χ2v) is 7.00. The van der Waals surface area contributed by atoms with Crippen molar-refractivity contribution in [2.45, 2.75) is 4.90 Å². The normalized spacial score (nSPS) is 16.9. The zero-order chi connectivity index (χ0) is 16.3. The molecule has 122 valence electrons. The largest absolute Gasteiger partial charge is 0.457 e. The van der Waals surface area contributed by atoms with Crippen molar-refractivity contribution in [2.75, 3.05) is 31.6 Å². The summed E-state index contributed by atoms with van der Waals surface area (Å²) in [6.07, 6.45) is 0. The summed E-state index contributed by atoms with van der Waals surface area (Å²) in [7, 11) is -3.75. The van der Waals surface area contributed by atoms with E-state index in [-0.39, 0.29) is 18.0 Å². The molecule has 1 aliphatic rings. The first-order chi connectivity index (χ1) is 11.1. The van der Waals surface area contributed by atoms with Gasteiger partial charge in [-0.05, 0) is 24.3 Å². The number of anilines is 1. The molecule has 0 radical (unpaired) electrons. The molecule has 23 heavy (non-hydrogen) atoms. The predicted molar refractivity (Wildman–Crippen MR) is 86.2 cm³/mol. The molecule has 0 saturated carbocycles. The van der Waals surface area contributed by atoms with Gasteiger partial charge < -0.3 is 10.1 Å². The molecular formula is C16H17FN2O3S. The summed E-state index contributed by atoms with van der Waals surface area (Å²) in [5, 5.41) is 3.06. The Balaban J connectivity index is 1.97. The molecule has 0 bridgehead atoms. The fourth-order valence-corrected chi connectivity index (χ4v) is 4.05. The molecule has 0 spiro atoms. The van der Waals surface area contributed by atoms with Gasteiger partial charge in [0.2, 0.25) is 10.0 Å². The molecule has 0 aromatic heterocycles. The number of nitrogens with zero attached hydrogens (tertiary/aromatic N) is 1. The maximum atomic E-state index is 12.7. The lowest BCUT2D eigenvalue weighted by molar-refractivity contribution is 0.366. The van der Waals surface area contributed by atoms with Crippen LogP contribution in [0.3, 0.4) is 0 Å². The summed E-state index contributed by atoms with van der Waals surface area (Å²) in [5.74, 6) is 1.04. The van der Waals surface area contributed by atoms with Crippen molar-refractivity contribution in [3.05, 3.63) is 48.5 Å². The molecule has 2 aromatic carbocycles. The number of halogens is 1. The van der Waals surface area contributed by atoms with Crippen molar-refractivity contribution < 1.29 is 17.5 Å². The molecule has 0 fully saturated rings. The molecule has 2 aromatic rings. The Hall–Kier alpha value is -2.12. The molecule has 5 nitrogen and oxygen atoms in total. The molecule has 7 heteroatoms. The fraction of sp³-hybridized carbons (Fsp3) is 0.250. The number of para-hydroxylation sites is 1. The van der Waals surface area contributed by atoms with Crippen molar-refractivity contribution in [1.82, 2.24) is 4.31 Å². The van der Waals surface area contributed by atoms with Crippen LogP contribution in [-0.2, 0) is 10.0 Å². The summed E-state index contributed by atoms with van der Waals surface area (Å²) >= 11 is 0. The van der Waals surface area contributed by atoms with Crippen LogP contribution in [0.2, 0.25) is 0 Å². The van der Waals surface area contributed by atoms with E-state index in [0.717, 1.165) is 4.31 Å². The fourth-order valence-electron chi connectivity index (χ4n) is 2.45. The SMILES string of the molecule is O=S1(=O)c2cc(Oc3ccccc3)ccc2NCCN1CCF. The summed E-state index contributed by atoms with van der Waals surface area (Å²) in [5.41, 5.74) is 0.506. The highest BCUT2D eigenvalue weighted by Crippen LogP contribution is 2.32. The smallest absolute Gasteiger partial charge is 0.245 e. The minimum Gasteiger partial charge on any atom is -0.457 e. The minimum atomic E-state index is -3.75. The van der Waals surface area contributed by atoms with E-state index >= 15 is 0 Å². The molecule has 0 saturated heterocycles. The molecule has 0 amide bonds. The molecular weight excluding hydrogens is 319 g/mol. The highest BCUT2D eigenvalue weighted by Gasteiger charge is 2.29. The third-order valence-corrected chi connectivity index (χ3v) is 5.50. The van der Waals surface area contributed by atoms with Gasteiger partial charge in [-0.3, -0.25) is 0 Å². The van der Waals surface area contributed by atoms with Crippen molar-refractivity contribution in [2.24, 2.45) is 0 Å². The van der Waals surface area contributed by atoms with Crippen molar-refractivity contribution in [3.63, 3.8) is 0 Å². The Morgan fingerprint density at radius 1 is 1.13 bits per heavy atom. The van der Waals surface area contributed by atoms with Gasteiger partial charge in [0.1, 0.15) is 23.1 Å². The Kier molecular flexibility index (Phi) is 4.49. The lowest BCUT2D eigenvalue weighted by atomic mass is 10.3. The van der Waals surface area contributed by atoms with E-state index in [0.29, 0.717) is 23.7 Å². The van der Waals surface area contributed by atoms with Gasteiger partial charge in [0.05, 0.1) is 5.69 Å². The Morgan fingerprint density at radius 2 is 1.91 bits per heavy atom. The van der Waals surface area contributed by atoms with E-state index < -0.39 is 16.7 Å². The van der Waals surface area contributed by atoms with E-state index in [1.807, 2.05) is 18.2 Å². The number of nitrogens with one attached hydrogen (secondary N) is 1. The summed E-state index contributed by atoms with van der Waals surface area (Å²) in [4.78, 5) is 0.108. The van der Waals surface area contributed by atoms with Crippen LogP contribution < -0.4 is 10.1 Å². The third-order valence-electron chi connectivity index (χ3n) is 3.56. The van der Waals surface area contributed by atoms with Crippen LogP contribution >= 0.6 is 0 Å². The van der Waals surface area contributed by atoms with Gasteiger partial charge >= 0.3 is 0 Å². The van der Waals surface area contributed by atoms with Crippen LogP contribution in [0.1, 0.15) is 0 Å². The van der Waals surface area contributed by atoms with Gasteiger partial charge in [-0.1, -0.05) is 18.2 Å². The molecule has 1 aliphatic heterocycles. The van der Waals surface area contributed by atoms with E-state index in [2.05, 4.69) is 5.32 Å². The zero-order valence-corrected chi connectivity index (χ0v) is 13.2. The van der Waals surface area contributed by atoms with Crippen LogP contribution in [0.15, 0.2) is 53.4 Å². The van der Waals surface area contributed by atoms with E-state index in [1.54, 1.807) is 24.3 Å². The van der Waals surface area contributed by atoms with Crippen LogP contribution in [-0.4, -0.2) is 39.0 Å². The second kappa shape index (κ2) is 6.55. The number of benzene rings is 2. The molecule has 1 N–H and O–H groups in total. The van der Waals surface area contributed by atoms with Crippen molar-refractivity contribution in [1.29, 1.82) is 0 Å². The summed E-state index contributed by atoms with van der Waals surface area (Å²) in [6, 6.07) is 14.0. The van der Waals surface area contributed by atoms with E-state index in [4.69, 9.17) is 4.74 Å². The van der Waals surface area contributed by atoms with Crippen molar-refractivity contribution in [3.8, 4) is 11.5 Å². The summed E-state index contributed by atoms with van der Waals surface area (Å²) in [6.45, 7) is -0.192. The monoisotopic (exact) mass is 336 g/mol. The van der Waals surface area contributed by atoms with Crippen LogP contribution in [0.5, 0.6) is 11.5 Å². The van der Waals surface area contributed by atoms with Crippen LogP contribution in [0.25, 0.3) is 0 Å². The standard InChI is InChI=1S/C16H17FN2O3S/c17-8-10-19-11-9-18-15-7-6-14(12-16(15)23(19,20)21)22-13-4-2-1-3-5-13/h1-7,12,18H,8-11H2. The number of hydrogen-bond acceptors (Lipinski definition) is 4.